The maximum atomic E-state index is 13.1. The average molecular weight is 360 g/mol. The first-order valence-electron chi connectivity index (χ1n) is 9.17. The number of esters is 3. The molecule has 5 rings (SSSR count). The molecule has 0 aromatic carbocycles. The van der Waals surface area contributed by atoms with Crippen molar-refractivity contribution in [3.8, 4) is 0 Å². The number of hydrogen-bond acceptors (Lipinski definition) is 7. The lowest BCUT2D eigenvalue weighted by atomic mass is 9.54. The van der Waals surface area contributed by atoms with Gasteiger partial charge >= 0.3 is 17.9 Å². The molecule has 1 spiro atoms. The summed E-state index contributed by atoms with van der Waals surface area (Å²) in [6.45, 7) is 2.00. The number of fused-ring (bicyclic) bond motifs is 1. The summed E-state index contributed by atoms with van der Waals surface area (Å²) in [7, 11) is 0. The summed E-state index contributed by atoms with van der Waals surface area (Å²) in [5.41, 5.74) is 1.18. The first-order valence-corrected chi connectivity index (χ1v) is 9.17. The largest absolute Gasteiger partial charge is 0.457 e. The van der Waals surface area contributed by atoms with Crippen LogP contribution in [0.5, 0.6) is 0 Å². The van der Waals surface area contributed by atoms with E-state index in [0.29, 0.717) is 19.3 Å². The van der Waals surface area contributed by atoms with Gasteiger partial charge in [0.05, 0.1) is 11.0 Å². The van der Waals surface area contributed by atoms with Gasteiger partial charge in [0.25, 0.3) is 0 Å². The van der Waals surface area contributed by atoms with Crippen LogP contribution in [0, 0.1) is 17.3 Å². The predicted molar refractivity (Wildman–Crippen MR) is 85.1 cm³/mol. The Morgan fingerprint density at radius 3 is 2.65 bits per heavy atom. The molecule has 0 bridgehead atoms. The van der Waals surface area contributed by atoms with E-state index in [4.69, 9.17) is 14.2 Å². The highest BCUT2D eigenvalue weighted by Crippen LogP contribution is 2.61. The minimum atomic E-state index is -1.29. The number of carbonyl (C=O) groups is 3. The van der Waals surface area contributed by atoms with Crippen LogP contribution in [0.1, 0.15) is 39.0 Å². The highest BCUT2D eigenvalue weighted by Gasteiger charge is 2.64. The minimum absolute atomic E-state index is 0.0352. The van der Waals surface area contributed by atoms with Crippen molar-refractivity contribution in [2.24, 2.45) is 17.3 Å². The first kappa shape index (κ1) is 16.1. The van der Waals surface area contributed by atoms with Gasteiger partial charge in [-0.05, 0) is 43.3 Å². The molecular formula is C19H20O7. The van der Waals surface area contributed by atoms with Gasteiger partial charge in [0.2, 0.25) is 6.29 Å². The Morgan fingerprint density at radius 2 is 1.92 bits per heavy atom. The number of ether oxygens (including phenoxy) is 3. The predicted octanol–water partition coefficient (Wildman–Crippen LogP) is 1.15. The Morgan fingerprint density at radius 1 is 1.12 bits per heavy atom. The second-order valence-corrected chi connectivity index (χ2v) is 7.97. The Balaban J connectivity index is 1.56. The van der Waals surface area contributed by atoms with Crippen LogP contribution in [0.3, 0.4) is 0 Å². The van der Waals surface area contributed by atoms with Gasteiger partial charge in [0.15, 0.2) is 0 Å². The van der Waals surface area contributed by atoms with E-state index in [1.54, 1.807) is 0 Å². The van der Waals surface area contributed by atoms with E-state index in [-0.39, 0.29) is 35.5 Å². The molecule has 1 saturated heterocycles. The lowest BCUT2D eigenvalue weighted by Gasteiger charge is -2.47. The van der Waals surface area contributed by atoms with E-state index >= 15 is 0 Å². The van der Waals surface area contributed by atoms with Crippen LogP contribution in [-0.2, 0) is 28.6 Å². The fourth-order valence-electron chi connectivity index (χ4n) is 5.68. The summed E-state index contributed by atoms with van der Waals surface area (Å²) in [5, 5.41) is 9.52. The first-order chi connectivity index (χ1) is 12.4. The van der Waals surface area contributed by atoms with Crippen molar-refractivity contribution >= 4 is 17.9 Å². The zero-order valence-corrected chi connectivity index (χ0v) is 14.4. The third kappa shape index (κ3) is 1.89. The summed E-state index contributed by atoms with van der Waals surface area (Å²) in [5.74, 6) is -1.33. The van der Waals surface area contributed by atoms with E-state index in [1.165, 1.54) is 6.08 Å². The van der Waals surface area contributed by atoms with Gasteiger partial charge in [0.1, 0.15) is 12.2 Å². The van der Waals surface area contributed by atoms with Crippen LogP contribution in [0.15, 0.2) is 22.8 Å². The van der Waals surface area contributed by atoms with Crippen LogP contribution >= 0.6 is 0 Å². The number of aliphatic hydroxyl groups is 1. The van der Waals surface area contributed by atoms with E-state index < -0.39 is 23.8 Å². The van der Waals surface area contributed by atoms with Crippen molar-refractivity contribution in [2.75, 3.05) is 0 Å². The second kappa shape index (κ2) is 5.19. The molecule has 138 valence electrons. The quantitative estimate of drug-likeness (QED) is 0.553. The van der Waals surface area contributed by atoms with Crippen molar-refractivity contribution in [3.05, 3.63) is 22.8 Å². The molecule has 0 radical (unpaired) electrons. The molecule has 5 aliphatic rings. The average Bonchev–Trinajstić information content (AvgIpc) is 3.21. The van der Waals surface area contributed by atoms with Crippen LogP contribution in [-0.4, -0.2) is 41.5 Å². The fraction of sp³-hybridized carbons (Fsp3) is 0.632. The molecule has 0 aromatic rings. The van der Waals surface area contributed by atoms with Gasteiger partial charge in [-0.15, -0.1) is 0 Å². The Labute approximate surface area is 150 Å². The number of carbonyl (C=O) groups excluding carboxylic acids is 3. The van der Waals surface area contributed by atoms with Gasteiger partial charge in [-0.3, -0.25) is 4.79 Å². The van der Waals surface area contributed by atoms with Crippen molar-refractivity contribution in [1.82, 2.24) is 0 Å². The maximum absolute atomic E-state index is 13.1. The topological polar surface area (TPSA) is 99.1 Å². The Kier molecular flexibility index (Phi) is 3.20. The highest BCUT2D eigenvalue weighted by atomic mass is 16.6. The monoisotopic (exact) mass is 360 g/mol. The van der Waals surface area contributed by atoms with Crippen LogP contribution < -0.4 is 0 Å². The molecule has 0 amide bonds. The molecule has 26 heavy (non-hydrogen) atoms. The third-order valence-electron chi connectivity index (χ3n) is 6.84. The van der Waals surface area contributed by atoms with Gasteiger partial charge < -0.3 is 19.3 Å². The summed E-state index contributed by atoms with van der Waals surface area (Å²) < 4.78 is 15.9. The zero-order chi connectivity index (χ0) is 18.2. The molecule has 2 aliphatic carbocycles. The fourth-order valence-corrected chi connectivity index (χ4v) is 5.68. The SMILES string of the molecule is CC1CC2OC(=O)C3=C2C(CCC3)C12CC(C1=CC(O)OC1=O)OC2=O. The number of hydrogen-bond donors (Lipinski definition) is 1. The standard InChI is InChI=1S/C19H20O7/c1-8-5-12-15-9(16(21)24-12)3-2-4-11(15)19(8)7-13(25-18(19)23)10-6-14(20)26-17(10)22/h6,8,11-14,20H,2-5,7H2,1H3. The van der Waals surface area contributed by atoms with E-state index in [2.05, 4.69) is 0 Å². The number of cyclic esters (lactones) is 2. The summed E-state index contributed by atoms with van der Waals surface area (Å²) in [6, 6.07) is 0. The molecule has 1 N–H and O–H groups in total. The third-order valence-corrected chi connectivity index (χ3v) is 6.84. The Bertz CT molecular complexity index is 794. The molecule has 6 atom stereocenters. The highest BCUT2D eigenvalue weighted by molar-refractivity contribution is 5.95. The molecule has 7 nitrogen and oxygen atoms in total. The van der Waals surface area contributed by atoms with Crippen molar-refractivity contribution in [3.63, 3.8) is 0 Å². The maximum Gasteiger partial charge on any atom is 0.340 e. The van der Waals surface area contributed by atoms with Gasteiger partial charge in [-0.25, -0.2) is 9.59 Å². The molecule has 1 saturated carbocycles. The minimum Gasteiger partial charge on any atom is -0.457 e. The van der Waals surface area contributed by atoms with Crippen molar-refractivity contribution in [1.29, 1.82) is 0 Å². The van der Waals surface area contributed by atoms with Crippen LogP contribution in [0.25, 0.3) is 0 Å². The van der Waals surface area contributed by atoms with Crippen LogP contribution in [0.2, 0.25) is 0 Å². The van der Waals surface area contributed by atoms with Crippen LogP contribution in [0.4, 0.5) is 0 Å². The zero-order valence-electron chi connectivity index (χ0n) is 14.4. The Hall–Kier alpha value is -2.15. The number of aliphatic hydroxyl groups excluding tert-OH is 1. The summed E-state index contributed by atoms with van der Waals surface area (Å²) >= 11 is 0. The lowest BCUT2D eigenvalue weighted by Crippen LogP contribution is -2.49. The van der Waals surface area contributed by atoms with E-state index in [0.717, 1.165) is 24.0 Å². The van der Waals surface area contributed by atoms with Crippen molar-refractivity contribution in [2.45, 2.75) is 57.5 Å². The molecular weight excluding hydrogens is 340 g/mol. The molecule has 2 fully saturated rings. The lowest BCUT2D eigenvalue weighted by molar-refractivity contribution is -0.156. The molecule has 7 heteroatoms. The van der Waals surface area contributed by atoms with Gasteiger partial charge in [0, 0.05) is 17.9 Å². The van der Waals surface area contributed by atoms with E-state index in [1.807, 2.05) is 6.92 Å². The van der Waals surface area contributed by atoms with Gasteiger partial charge in [-0.1, -0.05) is 6.92 Å². The molecule has 3 heterocycles. The van der Waals surface area contributed by atoms with Gasteiger partial charge in [-0.2, -0.15) is 0 Å². The number of rotatable bonds is 1. The normalized spacial score (nSPS) is 44.0. The summed E-state index contributed by atoms with van der Waals surface area (Å²) in [4.78, 5) is 37.2. The van der Waals surface area contributed by atoms with Crippen molar-refractivity contribution < 1.29 is 33.7 Å². The van der Waals surface area contributed by atoms with E-state index in [9.17, 15) is 19.5 Å². The molecule has 6 unspecified atom stereocenters. The summed E-state index contributed by atoms with van der Waals surface area (Å²) in [6.07, 6.45) is 2.38. The molecule has 0 aromatic heterocycles. The molecule has 3 aliphatic heterocycles. The smallest absolute Gasteiger partial charge is 0.340 e. The second-order valence-electron chi connectivity index (χ2n) is 7.97.